The summed E-state index contributed by atoms with van der Waals surface area (Å²) in [4.78, 5) is 4.05. The van der Waals surface area contributed by atoms with E-state index in [1.807, 2.05) is 26.0 Å². The zero-order chi connectivity index (χ0) is 13.0. The van der Waals surface area contributed by atoms with Crippen LogP contribution in [0.3, 0.4) is 0 Å². The molecule has 0 aromatic heterocycles. The second kappa shape index (κ2) is 6.07. The molecule has 17 heavy (non-hydrogen) atoms. The summed E-state index contributed by atoms with van der Waals surface area (Å²) in [6.45, 7) is 1.81. The predicted molar refractivity (Wildman–Crippen MR) is 72.3 cm³/mol. The third-order valence-corrected chi connectivity index (χ3v) is 2.87. The highest BCUT2D eigenvalue weighted by atomic mass is 35.5. The number of hydrogen-bond donors (Lipinski definition) is 1. The van der Waals surface area contributed by atoms with Crippen LogP contribution in [0.25, 0.3) is 0 Å². The number of hydrogen-bond acceptors (Lipinski definition) is 3. The smallest absolute Gasteiger partial charge is 0.144 e. The van der Waals surface area contributed by atoms with E-state index in [4.69, 9.17) is 17.3 Å². The summed E-state index contributed by atoms with van der Waals surface area (Å²) in [6.07, 6.45) is 0.993. The van der Waals surface area contributed by atoms with Crippen LogP contribution >= 0.6 is 11.6 Å². The van der Waals surface area contributed by atoms with E-state index in [0.29, 0.717) is 11.4 Å². The van der Waals surface area contributed by atoms with Gasteiger partial charge in [0.25, 0.3) is 0 Å². The van der Waals surface area contributed by atoms with Crippen LogP contribution in [0.4, 0.5) is 15.8 Å². The fourth-order valence-electron chi connectivity index (χ4n) is 1.63. The first-order valence-electron chi connectivity index (χ1n) is 5.52. The van der Waals surface area contributed by atoms with Crippen molar-refractivity contribution in [1.82, 2.24) is 4.90 Å². The molecule has 0 amide bonds. The Bertz CT molecular complexity index is 382. The first-order valence-corrected chi connectivity index (χ1v) is 5.90. The Morgan fingerprint density at radius 1 is 1.24 bits per heavy atom. The molecule has 0 saturated carbocycles. The third-order valence-electron chi connectivity index (χ3n) is 2.58. The van der Waals surface area contributed by atoms with Gasteiger partial charge in [0, 0.05) is 19.7 Å². The molecule has 1 aromatic rings. The lowest BCUT2D eigenvalue weighted by Crippen LogP contribution is -2.24. The molecular weight excluding hydrogens is 241 g/mol. The van der Waals surface area contributed by atoms with Gasteiger partial charge in [-0.2, -0.15) is 0 Å². The normalized spacial score (nSPS) is 10.9. The Morgan fingerprint density at radius 3 is 2.47 bits per heavy atom. The van der Waals surface area contributed by atoms with E-state index < -0.39 is 5.82 Å². The van der Waals surface area contributed by atoms with Gasteiger partial charge in [0.1, 0.15) is 5.82 Å². The Morgan fingerprint density at radius 2 is 1.88 bits per heavy atom. The lowest BCUT2D eigenvalue weighted by Gasteiger charge is -2.22. The minimum atomic E-state index is -0.435. The topological polar surface area (TPSA) is 32.5 Å². The van der Waals surface area contributed by atoms with Crippen molar-refractivity contribution in [3.8, 4) is 0 Å². The van der Waals surface area contributed by atoms with Crippen LogP contribution in [0.15, 0.2) is 12.1 Å². The Kier molecular flexibility index (Phi) is 5.02. The highest BCUT2D eigenvalue weighted by molar-refractivity contribution is 6.31. The quantitative estimate of drug-likeness (QED) is 0.825. The third kappa shape index (κ3) is 4.06. The van der Waals surface area contributed by atoms with E-state index in [2.05, 4.69) is 4.90 Å². The second-order valence-electron chi connectivity index (χ2n) is 4.40. The highest BCUT2D eigenvalue weighted by Crippen LogP contribution is 2.28. The molecule has 0 aliphatic carbocycles. The number of halogens is 2. The average Bonchev–Trinajstić information content (AvgIpc) is 2.22. The molecule has 0 spiro atoms. The minimum absolute atomic E-state index is 0.0629. The van der Waals surface area contributed by atoms with Crippen molar-refractivity contribution in [3.63, 3.8) is 0 Å². The zero-order valence-corrected chi connectivity index (χ0v) is 11.3. The molecular formula is C12H19ClFN3. The molecule has 96 valence electrons. The van der Waals surface area contributed by atoms with Crippen LogP contribution in [-0.4, -0.2) is 39.1 Å². The number of anilines is 2. The Hall–Kier alpha value is -1.00. The molecule has 5 heteroatoms. The van der Waals surface area contributed by atoms with Gasteiger partial charge in [-0.15, -0.1) is 0 Å². The van der Waals surface area contributed by atoms with Crippen molar-refractivity contribution >= 4 is 23.0 Å². The number of nitrogen functional groups attached to an aromatic ring is 1. The van der Waals surface area contributed by atoms with Crippen LogP contribution in [0.2, 0.25) is 5.02 Å². The van der Waals surface area contributed by atoms with Crippen LogP contribution in [0.5, 0.6) is 0 Å². The van der Waals surface area contributed by atoms with Crippen molar-refractivity contribution < 1.29 is 4.39 Å². The second-order valence-corrected chi connectivity index (χ2v) is 4.81. The SMILES string of the molecule is CN(C)CCCN(C)c1cc(F)c(Cl)cc1N. The lowest BCUT2D eigenvalue weighted by atomic mass is 10.2. The Balaban J connectivity index is 2.68. The van der Waals surface area contributed by atoms with E-state index >= 15 is 0 Å². The first kappa shape index (κ1) is 14.1. The highest BCUT2D eigenvalue weighted by Gasteiger charge is 2.10. The molecule has 0 fully saturated rings. The molecule has 3 nitrogen and oxygen atoms in total. The van der Waals surface area contributed by atoms with Gasteiger partial charge in [-0.25, -0.2) is 4.39 Å². The summed E-state index contributed by atoms with van der Waals surface area (Å²) in [5, 5.41) is 0.0629. The maximum atomic E-state index is 13.3. The van der Waals surface area contributed by atoms with Gasteiger partial charge < -0.3 is 15.5 Å². The summed E-state index contributed by atoms with van der Waals surface area (Å²) < 4.78 is 13.3. The Labute approximate surface area is 107 Å². The maximum absolute atomic E-state index is 13.3. The molecule has 0 saturated heterocycles. The molecule has 0 heterocycles. The summed E-state index contributed by atoms with van der Waals surface area (Å²) in [5.74, 6) is -0.435. The van der Waals surface area contributed by atoms with Crippen LogP contribution in [-0.2, 0) is 0 Å². The van der Waals surface area contributed by atoms with Crippen LogP contribution in [0.1, 0.15) is 6.42 Å². The molecule has 1 aromatic carbocycles. The van der Waals surface area contributed by atoms with Gasteiger partial charge in [0.2, 0.25) is 0 Å². The number of nitrogens with zero attached hydrogens (tertiary/aromatic N) is 2. The van der Waals surface area contributed by atoms with E-state index in [1.54, 1.807) is 0 Å². The summed E-state index contributed by atoms with van der Waals surface area (Å²) >= 11 is 5.66. The average molecular weight is 260 g/mol. The van der Waals surface area contributed by atoms with Crippen LogP contribution < -0.4 is 10.6 Å². The van der Waals surface area contributed by atoms with E-state index in [1.165, 1.54) is 12.1 Å². The van der Waals surface area contributed by atoms with E-state index in [9.17, 15) is 4.39 Å². The fourth-order valence-corrected chi connectivity index (χ4v) is 1.80. The van der Waals surface area contributed by atoms with Crippen molar-refractivity contribution in [2.75, 3.05) is 44.9 Å². The standard InChI is InChI=1S/C12H19ClFN3/c1-16(2)5-4-6-17(3)12-8-10(14)9(13)7-11(12)15/h7-8H,4-6,15H2,1-3H3. The molecule has 0 radical (unpaired) electrons. The molecule has 2 N–H and O–H groups in total. The summed E-state index contributed by atoms with van der Waals surface area (Å²) in [6, 6.07) is 2.84. The van der Waals surface area contributed by atoms with Crippen molar-refractivity contribution in [2.24, 2.45) is 0 Å². The largest absolute Gasteiger partial charge is 0.397 e. The predicted octanol–water partition coefficient (Wildman–Crippen LogP) is 2.45. The van der Waals surface area contributed by atoms with Gasteiger partial charge in [-0.1, -0.05) is 11.6 Å². The summed E-state index contributed by atoms with van der Waals surface area (Å²) in [7, 11) is 5.95. The monoisotopic (exact) mass is 259 g/mol. The molecule has 1 rings (SSSR count). The van der Waals surface area contributed by atoms with Crippen molar-refractivity contribution in [2.45, 2.75) is 6.42 Å². The fraction of sp³-hybridized carbons (Fsp3) is 0.500. The number of nitrogens with two attached hydrogens (primary N) is 1. The van der Waals surface area contributed by atoms with Crippen molar-refractivity contribution in [3.05, 3.63) is 23.0 Å². The van der Waals surface area contributed by atoms with E-state index in [-0.39, 0.29) is 5.02 Å². The zero-order valence-electron chi connectivity index (χ0n) is 10.5. The molecule has 0 bridgehead atoms. The minimum Gasteiger partial charge on any atom is -0.397 e. The van der Waals surface area contributed by atoms with Crippen LogP contribution in [0, 0.1) is 5.82 Å². The molecule has 0 aliphatic rings. The molecule has 0 atom stereocenters. The lowest BCUT2D eigenvalue weighted by molar-refractivity contribution is 0.401. The number of rotatable bonds is 5. The molecule has 0 unspecified atom stereocenters. The number of benzene rings is 1. The van der Waals surface area contributed by atoms with Crippen molar-refractivity contribution in [1.29, 1.82) is 0 Å². The van der Waals surface area contributed by atoms with Gasteiger partial charge in [0.05, 0.1) is 16.4 Å². The maximum Gasteiger partial charge on any atom is 0.144 e. The first-order chi connectivity index (χ1) is 7.91. The van der Waals surface area contributed by atoms with Gasteiger partial charge in [-0.3, -0.25) is 0 Å². The van der Waals surface area contributed by atoms with E-state index in [0.717, 1.165) is 19.5 Å². The van der Waals surface area contributed by atoms with Gasteiger partial charge in [0.15, 0.2) is 0 Å². The summed E-state index contributed by atoms with van der Waals surface area (Å²) in [5.41, 5.74) is 7.01. The van der Waals surface area contributed by atoms with Gasteiger partial charge >= 0.3 is 0 Å². The molecule has 0 aliphatic heterocycles. The van der Waals surface area contributed by atoms with Gasteiger partial charge in [-0.05, 0) is 33.1 Å².